The summed E-state index contributed by atoms with van der Waals surface area (Å²) in [5.74, 6) is -0.979. The van der Waals surface area contributed by atoms with Crippen LogP contribution in [0.2, 0.25) is 0 Å². The lowest BCUT2D eigenvalue weighted by atomic mass is 10.1. The van der Waals surface area contributed by atoms with E-state index in [4.69, 9.17) is 14.6 Å². The predicted octanol–water partition coefficient (Wildman–Crippen LogP) is 1.60. The van der Waals surface area contributed by atoms with Crippen LogP contribution >= 0.6 is 0 Å². The minimum Gasteiger partial charge on any atom is -0.478 e. The number of hydrogen-bond acceptors (Lipinski definition) is 3. The summed E-state index contributed by atoms with van der Waals surface area (Å²) in [7, 11) is 0. The lowest BCUT2D eigenvalue weighted by Gasteiger charge is -2.16. The zero-order chi connectivity index (χ0) is 11.3. The van der Waals surface area contributed by atoms with Crippen molar-refractivity contribution in [1.29, 1.82) is 0 Å². The van der Waals surface area contributed by atoms with Gasteiger partial charge in [0.25, 0.3) is 0 Å². The summed E-state index contributed by atoms with van der Waals surface area (Å²) in [5.41, 5.74) is 0.143. The Labute approximate surface area is 89.9 Å². The van der Waals surface area contributed by atoms with E-state index in [0.29, 0.717) is 13.0 Å². The molecule has 1 saturated heterocycles. The Hall–Kier alpha value is -0.870. The molecule has 0 aromatic carbocycles. The van der Waals surface area contributed by atoms with Crippen LogP contribution in [0.1, 0.15) is 26.2 Å². The molecule has 0 bridgehead atoms. The molecule has 0 saturated carbocycles. The first-order valence-electron chi connectivity index (χ1n) is 5.30. The number of hydrogen-bond donors (Lipinski definition) is 1. The standard InChI is InChI=1S/C11H18O4/c1-3-4-5-10(8(2)11(12)13)15-7-9-6-14-9/h9-10H,2-7H2,1H3,(H,12,13). The number of epoxide rings is 1. The van der Waals surface area contributed by atoms with Gasteiger partial charge in [-0.05, 0) is 6.42 Å². The maximum Gasteiger partial charge on any atom is 0.333 e. The average Bonchev–Trinajstić information content (AvgIpc) is 3.00. The second-order valence-electron chi connectivity index (χ2n) is 3.75. The van der Waals surface area contributed by atoms with E-state index in [2.05, 4.69) is 13.5 Å². The highest BCUT2D eigenvalue weighted by molar-refractivity contribution is 5.86. The van der Waals surface area contributed by atoms with Crippen LogP contribution in [0.5, 0.6) is 0 Å². The van der Waals surface area contributed by atoms with E-state index >= 15 is 0 Å². The molecule has 15 heavy (non-hydrogen) atoms. The minimum absolute atomic E-state index is 0.143. The first-order valence-corrected chi connectivity index (χ1v) is 5.30. The summed E-state index contributed by atoms with van der Waals surface area (Å²) in [6, 6.07) is 0. The third-order valence-electron chi connectivity index (χ3n) is 2.37. The van der Waals surface area contributed by atoms with Gasteiger partial charge in [0.2, 0.25) is 0 Å². The largest absolute Gasteiger partial charge is 0.478 e. The Balaban J connectivity index is 2.35. The van der Waals surface area contributed by atoms with Gasteiger partial charge >= 0.3 is 5.97 Å². The molecule has 1 N–H and O–H groups in total. The van der Waals surface area contributed by atoms with Crippen molar-refractivity contribution in [3.8, 4) is 0 Å². The summed E-state index contributed by atoms with van der Waals surface area (Å²) in [4.78, 5) is 10.8. The number of carboxylic acid groups (broad SMARTS) is 1. The van der Waals surface area contributed by atoms with E-state index in [9.17, 15) is 4.79 Å². The molecule has 0 aromatic rings. The van der Waals surface area contributed by atoms with E-state index in [1.807, 2.05) is 0 Å². The van der Waals surface area contributed by atoms with Gasteiger partial charge in [-0.25, -0.2) is 4.79 Å². The molecule has 1 heterocycles. The van der Waals surface area contributed by atoms with Crippen LogP contribution in [0, 0.1) is 0 Å². The zero-order valence-corrected chi connectivity index (χ0v) is 9.07. The fourth-order valence-electron chi connectivity index (χ4n) is 1.27. The monoisotopic (exact) mass is 214 g/mol. The molecule has 4 nitrogen and oxygen atoms in total. The minimum atomic E-state index is -0.979. The number of carboxylic acids is 1. The second kappa shape index (κ2) is 5.88. The van der Waals surface area contributed by atoms with Crippen molar-refractivity contribution in [3.63, 3.8) is 0 Å². The van der Waals surface area contributed by atoms with Crippen molar-refractivity contribution >= 4 is 5.97 Å². The third-order valence-corrected chi connectivity index (χ3v) is 2.37. The number of rotatable bonds is 8. The van der Waals surface area contributed by atoms with Crippen molar-refractivity contribution in [2.75, 3.05) is 13.2 Å². The molecule has 1 rings (SSSR count). The van der Waals surface area contributed by atoms with Crippen LogP contribution in [-0.2, 0) is 14.3 Å². The van der Waals surface area contributed by atoms with Gasteiger partial charge in [-0.2, -0.15) is 0 Å². The van der Waals surface area contributed by atoms with Crippen LogP contribution < -0.4 is 0 Å². The Morgan fingerprint density at radius 3 is 2.87 bits per heavy atom. The van der Waals surface area contributed by atoms with E-state index in [1.165, 1.54) is 0 Å². The average molecular weight is 214 g/mol. The van der Waals surface area contributed by atoms with Gasteiger partial charge < -0.3 is 14.6 Å². The molecule has 0 amide bonds. The van der Waals surface area contributed by atoms with Gasteiger partial charge in [0.15, 0.2) is 0 Å². The second-order valence-corrected chi connectivity index (χ2v) is 3.75. The molecule has 2 atom stereocenters. The smallest absolute Gasteiger partial charge is 0.333 e. The van der Waals surface area contributed by atoms with Crippen LogP contribution in [0.15, 0.2) is 12.2 Å². The maximum atomic E-state index is 10.8. The quantitative estimate of drug-likeness (QED) is 0.492. The van der Waals surface area contributed by atoms with Gasteiger partial charge in [-0.1, -0.05) is 26.3 Å². The first kappa shape index (κ1) is 12.2. The molecule has 2 unspecified atom stereocenters. The number of unbranched alkanes of at least 4 members (excludes halogenated alkanes) is 1. The van der Waals surface area contributed by atoms with Crippen molar-refractivity contribution in [2.45, 2.75) is 38.4 Å². The van der Waals surface area contributed by atoms with Gasteiger partial charge in [-0.3, -0.25) is 0 Å². The van der Waals surface area contributed by atoms with Crippen molar-refractivity contribution < 1.29 is 19.4 Å². The Bertz CT molecular complexity index is 233. The first-order chi connectivity index (χ1) is 7.15. The van der Waals surface area contributed by atoms with E-state index < -0.39 is 5.97 Å². The summed E-state index contributed by atoms with van der Waals surface area (Å²) < 4.78 is 10.5. The van der Waals surface area contributed by atoms with Crippen LogP contribution in [0.25, 0.3) is 0 Å². The normalized spacial score (nSPS) is 21.0. The Morgan fingerprint density at radius 2 is 2.40 bits per heavy atom. The highest BCUT2D eigenvalue weighted by atomic mass is 16.6. The zero-order valence-electron chi connectivity index (χ0n) is 9.07. The van der Waals surface area contributed by atoms with E-state index in [-0.39, 0.29) is 17.8 Å². The molecular formula is C11H18O4. The molecule has 0 spiro atoms. The summed E-state index contributed by atoms with van der Waals surface area (Å²) in [5, 5.41) is 8.82. The highest BCUT2D eigenvalue weighted by Crippen LogP contribution is 2.17. The summed E-state index contributed by atoms with van der Waals surface area (Å²) in [6.07, 6.45) is 2.48. The van der Waals surface area contributed by atoms with Crippen molar-refractivity contribution in [2.24, 2.45) is 0 Å². The maximum absolute atomic E-state index is 10.8. The van der Waals surface area contributed by atoms with Gasteiger partial charge in [0.05, 0.1) is 24.9 Å². The van der Waals surface area contributed by atoms with Crippen molar-refractivity contribution in [3.05, 3.63) is 12.2 Å². The molecule has 0 aliphatic carbocycles. The number of ether oxygens (including phenoxy) is 2. The Morgan fingerprint density at radius 1 is 1.73 bits per heavy atom. The van der Waals surface area contributed by atoms with Crippen LogP contribution in [0.3, 0.4) is 0 Å². The SMILES string of the molecule is C=C(C(=O)O)C(CCCC)OCC1CO1. The molecule has 0 aromatic heterocycles. The van der Waals surface area contributed by atoms with Gasteiger partial charge in [0, 0.05) is 0 Å². The predicted molar refractivity (Wildman–Crippen MR) is 55.8 cm³/mol. The molecule has 86 valence electrons. The molecular weight excluding hydrogens is 196 g/mol. The number of carbonyl (C=O) groups is 1. The van der Waals surface area contributed by atoms with Crippen LogP contribution in [0.4, 0.5) is 0 Å². The molecule has 0 radical (unpaired) electrons. The molecule has 1 aliphatic rings. The fraction of sp³-hybridized carbons (Fsp3) is 0.727. The lowest BCUT2D eigenvalue weighted by Crippen LogP contribution is -2.22. The van der Waals surface area contributed by atoms with Crippen molar-refractivity contribution in [1.82, 2.24) is 0 Å². The lowest BCUT2D eigenvalue weighted by molar-refractivity contribution is -0.134. The molecule has 4 heteroatoms. The van der Waals surface area contributed by atoms with Gasteiger partial charge in [-0.15, -0.1) is 0 Å². The van der Waals surface area contributed by atoms with E-state index in [1.54, 1.807) is 0 Å². The summed E-state index contributed by atoms with van der Waals surface area (Å²) in [6.45, 7) is 6.80. The molecule has 1 fully saturated rings. The topological polar surface area (TPSA) is 59.1 Å². The van der Waals surface area contributed by atoms with Gasteiger partial charge in [0.1, 0.15) is 6.10 Å². The van der Waals surface area contributed by atoms with E-state index in [0.717, 1.165) is 19.4 Å². The Kier molecular flexibility index (Phi) is 4.78. The fourth-order valence-corrected chi connectivity index (χ4v) is 1.27. The highest BCUT2D eigenvalue weighted by Gasteiger charge is 2.26. The molecule has 1 aliphatic heterocycles. The summed E-state index contributed by atoms with van der Waals surface area (Å²) >= 11 is 0. The third kappa shape index (κ3) is 4.44. The number of aliphatic carboxylic acids is 1. The van der Waals surface area contributed by atoms with Crippen LogP contribution in [-0.4, -0.2) is 36.5 Å².